The van der Waals surface area contributed by atoms with Crippen molar-refractivity contribution in [3.63, 3.8) is 0 Å². The number of hydrazone groups is 1. The Balaban J connectivity index is 1.50. The first-order valence-corrected chi connectivity index (χ1v) is 15.9. The molecule has 0 unspecified atom stereocenters. The van der Waals surface area contributed by atoms with Crippen molar-refractivity contribution in [1.82, 2.24) is 5.43 Å². The summed E-state index contributed by atoms with van der Waals surface area (Å²) in [4.78, 5) is 13.0. The summed E-state index contributed by atoms with van der Waals surface area (Å²) in [6.45, 7) is 4.12. The predicted octanol–water partition coefficient (Wildman–Crippen LogP) is 6.72. The number of sulfonamides is 1. The highest BCUT2D eigenvalue weighted by molar-refractivity contribution is 7.92. The standard InChI is InChI=1S/C32H31Cl2N3O6S/c1-3-41-29-8-6-5-7-28(29)37(44(39,40)27-16-14-26(34)15-17-27)21-32(38)36-35-20-24-11-18-30(31(19-24)42-4-2)43-22-23-9-12-25(33)13-10-23/h5-20H,3-4,21-22H2,1-2H3,(H,36,38)/b35-20-. The summed E-state index contributed by atoms with van der Waals surface area (Å²) in [7, 11) is -4.18. The SMILES string of the molecule is CCOc1cc(/C=N\NC(=O)CN(c2ccccc2OCC)S(=O)(=O)c2ccc(Cl)cc2)ccc1OCc1ccc(Cl)cc1. The molecule has 0 bridgehead atoms. The molecule has 12 heteroatoms. The van der Waals surface area contributed by atoms with Gasteiger partial charge in [0.1, 0.15) is 18.9 Å². The molecule has 1 amide bonds. The van der Waals surface area contributed by atoms with Gasteiger partial charge in [-0.25, -0.2) is 13.8 Å². The van der Waals surface area contributed by atoms with Crippen molar-refractivity contribution < 1.29 is 27.4 Å². The molecule has 230 valence electrons. The predicted molar refractivity (Wildman–Crippen MR) is 173 cm³/mol. The Bertz CT molecular complexity index is 1700. The van der Waals surface area contributed by atoms with Crippen LogP contribution in [0.2, 0.25) is 10.0 Å². The van der Waals surface area contributed by atoms with Gasteiger partial charge in [0, 0.05) is 10.0 Å². The highest BCUT2D eigenvalue weighted by Crippen LogP contribution is 2.33. The monoisotopic (exact) mass is 655 g/mol. The van der Waals surface area contributed by atoms with Gasteiger partial charge >= 0.3 is 0 Å². The van der Waals surface area contributed by atoms with Gasteiger partial charge in [0.2, 0.25) is 0 Å². The zero-order valence-corrected chi connectivity index (χ0v) is 26.4. The first-order chi connectivity index (χ1) is 21.2. The van der Waals surface area contributed by atoms with E-state index in [0.29, 0.717) is 52.7 Å². The maximum atomic E-state index is 13.7. The van der Waals surface area contributed by atoms with Crippen LogP contribution in [0.5, 0.6) is 17.2 Å². The van der Waals surface area contributed by atoms with Gasteiger partial charge < -0.3 is 14.2 Å². The number of anilines is 1. The Labute approximate surface area is 267 Å². The lowest BCUT2D eigenvalue weighted by atomic mass is 10.2. The number of nitrogens with one attached hydrogen (secondary N) is 1. The van der Waals surface area contributed by atoms with Crippen LogP contribution in [0, 0.1) is 0 Å². The zero-order valence-electron chi connectivity index (χ0n) is 24.1. The number of carbonyl (C=O) groups is 1. The Hall–Kier alpha value is -4.25. The summed E-state index contributed by atoms with van der Waals surface area (Å²) in [5.74, 6) is 0.687. The summed E-state index contributed by atoms with van der Waals surface area (Å²) < 4.78 is 45.7. The van der Waals surface area contributed by atoms with Gasteiger partial charge in [-0.05, 0) is 91.7 Å². The topological polar surface area (TPSA) is 107 Å². The third-order valence-corrected chi connectivity index (χ3v) is 8.38. The number of para-hydroxylation sites is 2. The summed E-state index contributed by atoms with van der Waals surface area (Å²) in [6.07, 6.45) is 1.43. The van der Waals surface area contributed by atoms with Crippen LogP contribution < -0.4 is 23.9 Å². The number of amides is 1. The molecule has 0 aliphatic carbocycles. The largest absolute Gasteiger partial charge is 0.492 e. The number of hydrogen-bond donors (Lipinski definition) is 1. The summed E-state index contributed by atoms with van der Waals surface area (Å²) in [6, 6.07) is 24.9. The van der Waals surface area contributed by atoms with Gasteiger partial charge in [-0.15, -0.1) is 0 Å². The lowest BCUT2D eigenvalue weighted by Gasteiger charge is -2.25. The van der Waals surface area contributed by atoms with Crippen molar-refractivity contribution in [3.05, 3.63) is 112 Å². The van der Waals surface area contributed by atoms with Crippen molar-refractivity contribution in [1.29, 1.82) is 0 Å². The van der Waals surface area contributed by atoms with Crippen molar-refractivity contribution in [2.75, 3.05) is 24.1 Å². The van der Waals surface area contributed by atoms with E-state index >= 15 is 0 Å². The van der Waals surface area contributed by atoms with Gasteiger partial charge in [-0.2, -0.15) is 5.10 Å². The highest BCUT2D eigenvalue weighted by atomic mass is 35.5. The minimum absolute atomic E-state index is 0.0358. The van der Waals surface area contributed by atoms with Gasteiger partial charge in [0.25, 0.3) is 15.9 Å². The molecule has 44 heavy (non-hydrogen) atoms. The molecule has 0 saturated carbocycles. The van der Waals surface area contributed by atoms with E-state index in [2.05, 4.69) is 10.5 Å². The molecule has 0 fully saturated rings. The number of nitrogens with zero attached hydrogens (tertiary/aromatic N) is 2. The summed E-state index contributed by atoms with van der Waals surface area (Å²) in [5, 5.41) is 5.07. The Morgan fingerprint density at radius 2 is 1.45 bits per heavy atom. The first kappa shape index (κ1) is 32.7. The molecule has 1 N–H and O–H groups in total. The Kier molecular flexibility index (Phi) is 11.5. The smallest absolute Gasteiger partial charge is 0.264 e. The third-order valence-electron chi connectivity index (χ3n) is 6.10. The van der Waals surface area contributed by atoms with Crippen molar-refractivity contribution in [2.45, 2.75) is 25.3 Å². The van der Waals surface area contributed by atoms with Crippen LogP contribution in [0.1, 0.15) is 25.0 Å². The van der Waals surface area contributed by atoms with Gasteiger partial charge in [-0.3, -0.25) is 9.10 Å². The molecule has 0 aliphatic rings. The molecule has 0 aliphatic heterocycles. The van der Waals surface area contributed by atoms with E-state index in [4.69, 9.17) is 37.4 Å². The Morgan fingerprint density at radius 1 is 0.818 bits per heavy atom. The van der Waals surface area contributed by atoms with Crippen LogP contribution in [0.4, 0.5) is 5.69 Å². The number of halogens is 2. The molecular formula is C32H31Cl2N3O6S. The molecule has 4 rings (SSSR count). The molecule has 0 aromatic heterocycles. The fraction of sp³-hybridized carbons (Fsp3) is 0.188. The second-order valence-electron chi connectivity index (χ2n) is 9.21. The van der Waals surface area contributed by atoms with Crippen LogP contribution >= 0.6 is 23.2 Å². The van der Waals surface area contributed by atoms with Crippen LogP contribution in [-0.2, 0) is 21.4 Å². The van der Waals surface area contributed by atoms with Crippen molar-refractivity contribution >= 4 is 51.0 Å². The second kappa shape index (κ2) is 15.5. The maximum Gasteiger partial charge on any atom is 0.264 e. The minimum Gasteiger partial charge on any atom is -0.492 e. The van der Waals surface area contributed by atoms with E-state index in [0.717, 1.165) is 9.87 Å². The summed E-state index contributed by atoms with van der Waals surface area (Å²) >= 11 is 11.9. The van der Waals surface area contributed by atoms with E-state index in [1.54, 1.807) is 61.5 Å². The van der Waals surface area contributed by atoms with Gasteiger partial charge in [-0.1, -0.05) is 47.5 Å². The van der Waals surface area contributed by atoms with Crippen molar-refractivity contribution in [3.8, 4) is 17.2 Å². The lowest BCUT2D eigenvalue weighted by molar-refractivity contribution is -0.119. The number of hydrogen-bond acceptors (Lipinski definition) is 7. The molecule has 0 radical (unpaired) electrons. The first-order valence-electron chi connectivity index (χ1n) is 13.7. The van der Waals surface area contributed by atoms with E-state index in [1.807, 2.05) is 19.1 Å². The number of carbonyl (C=O) groups excluding carboxylic acids is 1. The number of rotatable bonds is 14. The average molecular weight is 657 g/mol. The lowest BCUT2D eigenvalue weighted by Crippen LogP contribution is -2.39. The van der Waals surface area contributed by atoms with Gasteiger partial charge in [0.15, 0.2) is 11.5 Å². The molecule has 0 saturated heterocycles. The molecule has 4 aromatic carbocycles. The third kappa shape index (κ3) is 8.66. The van der Waals surface area contributed by atoms with E-state index in [-0.39, 0.29) is 10.6 Å². The molecule has 0 spiro atoms. The van der Waals surface area contributed by atoms with E-state index in [9.17, 15) is 13.2 Å². The number of ether oxygens (including phenoxy) is 3. The van der Waals surface area contributed by atoms with Gasteiger partial charge in [0.05, 0.1) is 30.0 Å². The zero-order chi connectivity index (χ0) is 31.5. The van der Waals surface area contributed by atoms with Crippen LogP contribution in [0.3, 0.4) is 0 Å². The molecule has 4 aromatic rings. The second-order valence-corrected chi connectivity index (χ2v) is 11.9. The van der Waals surface area contributed by atoms with E-state index in [1.165, 1.54) is 30.5 Å². The van der Waals surface area contributed by atoms with Crippen LogP contribution in [0.15, 0.2) is 101 Å². The fourth-order valence-electron chi connectivity index (χ4n) is 4.05. The molecule has 0 heterocycles. The Morgan fingerprint density at radius 3 is 2.14 bits per heavy atom. The van der Waals surface area contributed by atoms with Crippen molar-refractivity contribution in [2.24, 2.45) is 5.10 Å². The molecule has 9 nitrogen and oxygen atoms in total. The molecule has 0 atom stereocenters. The minimum atomic E-state index is -4.18. The fourth-order valence-corrected chi connectivity index (χ4v) is 5.74. The van der Waals surface area contributed by atoms with E-state index < -0.39 is 22.5 Å². The average Bonchev–Trinajstić information content (AvgIpc) is 3.01. The quantitative estimate of drug-likeness (QED) is 0.119. The van der Waals surface area contributed by atoms with Crippen LogP contribution in [-0.4, -0.2) is 40.3 Å². The maximum absolute atomic E-state index is 13.7. The number of benzene rings is 4. The normalized spacial score (nSPS) is 11.3. The van der Waals surface area contributed by atoms with Crippen LogP contribution in [0.25, 0.3) is 0 Å². The molecular weight excluding hydrogens is 625 g/mol. The highest BCUT2D eigenvalue weighted by Gasteiger charge is 2.29. The summed E-state index contributed by atoms with van der Waals surface area (Å²) in [5.41, 5.74) is 4.19.